The molecule has 1 atom stereocenters. The molecule has 0 aliphatic carbocycles. The molecule has 1 saturated heterocycles. The predicted octanol–water partition coefficient (Wildman–Crippen LogP) is 3.40. The first-order chi connectivity index (χ1) is 10.9. The van der Waals surface area contributed by atoms with E-state index in [0.29, 0.717) is 23.7 Å². The van der Waals surface area contributed by atoms with Crippen molar-refractivity contribution in [1.82, 2.24) is 9.88 Å². The third-order valence-corrected chi connectivity index (χ3v) is 5.20. The van der Waals surface area contributed by atoms with Gasteiger partial charge in [0, 0.05) is 29.1 Å². The second-order valence-electron chi connectivity index (χ2n) is 5.89. The van der Waals surface area contributed by atoms with Gasteiger partial charge in [-0.25, -0.2) is 4.98 Å². The van der Waals surface area contributed by atoms with Crippen LogP contribution in [0.3, 0.4) is 0 Å². The molecule has 3 rings (SSSR count). The fraction of sp³-hybridized carbons (Fsp3) is 0.312. The maximum Gasteiger partial charge on any atom is 0.311 e. The van der Waals surface area contributed by atoms with Gasteiger partial charge in [0.05, 0.1) is 5.41 Å². The Kier molecular flexibility index (Phi) is 4.12. The van der Waals surface area contributed by atoms with E-state index in [2.05, 4.69) is 4.98 Å². The number of carboxylic acid groups (broad SMARTS) is 1. The van der Waals surface area contributed by atoms with Gasteiger partial charge in [-0.2, -0.15) is 0 Å². The van der Waals surface area contributed by atoms with E-state index in [4.69, 9.17) is 11.6 Å². The van der Waals surface area contributed by atoms with Crippen LogP contribution in [0.15, 0.2) is 29.6 Å². The first-order valence-electron chi connectivity index (χ1n) is 7.13. The zero-order valence-electron chi connectivity index (χ0n) is 12.5. The summed E-state index contributed by atoms with van der Waals surface area (Å²) in [6, 6.07) is 7.29. The number of hydrogen-bond donors (Lipinski definition) is 1. The molecule has 0 bridgehead atoms. The maximum absolute atomic E-state index is 12.5. The lowest BCUT2D eigenvalue weighted by molar-refractivity contribution is -0.147. The molecule has 0 saturated carbocycles. The van der Waals surface area contributed by atoms with Crippen molar-refractivity contribution in [3.05, 3.63) is 40.4 Å². The van der Waals surface area contributed by atoms with Gasteiger partial charge in [0.25, 0.3) is 5.91 Å². The molecule has 1 aliphatic heterocycles. The Morgan fingerprint density at radius 1 is 1.43 bits per heavy atom. The van der Waals surface area contributed by atoms with E-state index in [1.165, 1.54) is 11.3 Å². The Hall–Kier alpha value is -1.92. The molecular weight excluding hydrogens is 336 g/mol. The first-order valence-corrected chi connectivity index (χ1v) is 8.39. The molecule has 2 aromatic rings. The number of amides is 1. The zero-order valence-corrected chi connectivity index (χ0v) is 14.0. The summed E-state index contributed by atoms with van der Waals surface area (Å²) in [7, 11) is 0. The summed E-state index contributed by atoms with van der Waals surface area (Å²) in [5.74, 6) is -1.09. The standard InChI is InChI=1S/C16H15ClN2O3S/c1-16(15(21)22)5-6-19(9-16)14(20)12-8-23-13(18-12)10-3-2-4-11(17)7-10/h2-4,7-8H,5-6,9H2,1H3,(H,21,22). The molecule has 0 spiro atoms. The van der Waals surface area contributed by atoms with Gasteiger partial charge in [0.1, 0.15) is 10.7 Å². The van der Waals surface area contributed by atoms with Crippen molar-refractivity contribution in [3.63, 3.8) is 0 Å². The fourth-order valence-corrected chi connectivity index (χ4v) is 3.58. The van der Waals surface area contributed by atoms with Crippen LogP contribution in [0, 0.1) is 5.41 Å². The van der Waals surface area contributed by atoms with E-state index in [9.17, 15) is 14.7 Å². The molecule has 1 fully saturated rings. The lowest BCUT2D eigenvalue weighted by atomic mass is 9.90. The number of benzene rings is 1. The molecule has 7 heteroatoms. The lowest BCUT2D eigenvalue weighted by Crippen LogP contribution is -2.35. The second-order valence-corrected chi connectivity index (χ2v) is 7.19. The third kappa shape index (κ3) is 3.09. The smallest absolute Gasteiger partial charge is 0.311 e. The summed E-state index contributed by atoms with van der Waals surface area (Å²) in [6.07, 6.45) is 0.458. The summed E-state index contributed by atoms with van der Waals surface area (Å²) >= 11 is 7.35. The Labute approximate surface area is 142 Å². The van der Waals surface area contributed by atoms with Crippen molar-refractivity contribution in [2.75, 3.05) is 13.1 Å². The highest BCUT2D eigenvalue weighted by molar-refractivity contribution is 7.13. The lowest BCUT2D eigenvalue weighted by Gasteiger charge is -2.19. The molecule has 1 aliphatic rings. The predicted molar refractivity (Wildman–Crippen MR) is 88.8 cm³/mol. The van der Waals surface area contributed by atoms with E-state index in [1.807, 2.05) is 12.1 Å². The molecule has 2 heterocycles. The topological polar surface area (TPSA) is 70.5 Å². The van der Waals surface area contributed by atoms with Crippen molar-refractivity contribution < 1.29 is 14.7 Å². The Morgan fingerprint density at radius 3 is 2.87 bits per heavy atom. The number of rotatable bonds is 3. The fourth-order valence-electron chi connectivity index (χ4n) is 2.60. The van der Waals surface area contributed by atoms with Crippen LogP contribution in [0.4, 0.5) is 0 Å². The van der Waals surface area contributed by atoms with Crippen LogP contribution in [0.1, 0.15) is 23.8 Å². The second kappa shape index (κ2) is 5.94. The number of aliphatic carboxylic acids is 1. The molecule has 1 amide bonds. The van der Waals surface area contributed by atoms with Gasteiger partial charge in [0.15, 0.2) is 0 Å². The van der Waals surface area contributed by atoms with Crippen LogP contribution in [-0.2, 0) is 4.79 Å². The third-order valence-electron chi connectivity index (χ3n) is 4.07. The maximum atomic E-state index is 12.5. The minimum Gasteiger partial charge on any atom is -0.481 e. The van der Waals surface area contributed by atoms with Gasteiger partial charge in [-0.1, -0.05) is 23.7 Å². The summed E-state index contributed by atoms with van der Waals surface area (Å²) in [4.78, 5) is 29.7. The Morgan fingerprint density at radius 2 is 2.22 bits per heavy atom. The first kappa shape index (κ1) is 16.0. The molecule has 1 N–H and O–H groups in total. The van der Waals surface area contributed by atoms with E-state index < -0.39 is 11.4 Å². The minimum absolute atomic E-state index is 0.213. The number of halogens is 1. The summed E-state index contributed by atoms with van der Waals surface area (Å²) in [5, 5.41) is 12.3. The molecular formula is C16H15ClN2O3S. The number of carbonyl (C=O) groups is 2. The number of carbonyl (C=O) groups excluding carboxylic acids is 1. The van der Waals surface area contributed by atoms with Crippen molar-refractivity contribution in [2.45, 2.75) is 13.3 Å². The van der Waals surface area contributed by atoms with E-state index in [1.54, 1.807) is 29.3 Å². The van der Waals surface area contributed by atoms with Crippen LogP contribution in [-0.4, -0.2) is 40.0 Å². The number of thiazole rings is 1. The molecule has 1 unspecified atom stereocenters. The summed E-state index contributed by atoms with van der Waals surface area (Å²) < 4.78 is 0. The molecule has 1 aromatic carbocycles. The van der Waals surface area contributed by atoms with Crippen LogP contribution < -0.4 is 0 Å². The average Bonchev–Trinajstić information content (AvgIpc) is 3.14. The highest BCUT2D eigenvalue weighted by Crippen LogP contribution is 2.32. The number of nitrogens with zero attached hydrogens (tertiary/aromatic N) is 2. The van der Waals surface area contributed by atoms with Gasteiger partial charge in [-0.3, -0.25) is 9.59 Å². The average molecular weight is 351 g/mol. The monoisotopic (exact) mass is 350 g/mol. The van der Waals surface area contributed by atoms with Crippen LogP contribution >= 0.6 is 22.9 Å². The van der Waals surface area contributed by atoms with E-state index in [-0.39, 0.29) is 12.5 Å². The molecule has 23 heavy (non-hydrogen) atoms. The summed E-state index contributed by atoms with van der Waals surface area (Å²) in [5.41, 5.74) is 0.333. The van der Waals surface area contributed by atoms with Gasteiger partial charge in [-0.15, -0.1) is 11.3 Å². The van der Waals surface area contributed by atoms with Gasteiger partial charge < -0.3 is 10.0 Å². The van der Waals surface area contributed by atoms with Crippen molar-refractivity contribution in [1.29, 1.82) is 0 Å². The van der Waals surface area contributed by atoms with E-state index >= 15 is 0 Å². The molecule has 5 nitrogen and oxygen atoms in total. The van der Waals surface area contributed by atoms with Crippen molar-refractivity contribution in [2.24, 2.45) is 5.41 Å². The molecule has 1 aromatic heterocycles. The minimum atomic E-state index is -0.874. The highest BCUT2D eigenvalue weighted by atomic mass is 35.5. The zero-order chi connectivity index (χ0) is 16.6. The van der Waals surface area contributed by atoms with E-state index in [0.717, 1.165) is 10.6 Å². The largest absolute Gasteiger partial charge is 0.481 e. The van der Waals surface area contributed by atoms with Gasteiger partial charge in [0.2, 0.25) is 0 Å². The quantitative estimate of drug-likeness (QED) is 0.921. The van der Waals surface area contributed by atoms with Gasteiger partial charge in [-0.05, 0) is 25.5 Å². The number of aromatic nitrogens is 1. The van der Waals surface area contributed by atoms with Crippen LogP contribution in [0.5, 0.6) is 0 Å². The SMILES string of the molecule is CC1(C(=O)O)CCN(C(=O)c2csc(-c3cccc(Cl)c3)n2)C1. The summed E-state index contributed by atoms with van der Waals surface area (Å²) in [6.45, 7) is 2.32. The molecule has 0 radical (unpaired) electrons. The highest BCUT2D eigenvalue weighted by Gasteiger charge is 2.42. The van der Waals surface area contributed by atoms with Crippen molar-refractivity contribution in [3.8, 4) is 10.6 Å². The Balaban J connectivity index is 1.79. The van der Waals surface area contributed by atoms with Gasteiger partial charge >= 0.3 is 5.97 Å². The van der Waals surface area contributed by atoms with Crippen molar-refractivity contribution >= 4 is 34.8 Å². The van der Waals surface area contributed by atoms with Crippen LogP contribution in [0.2, 0.25) is 5.02 Å². The molecule has 120 valence electrons. The Bertz CT molecular complexity index is 776. The van der Waals surface area contributed by atoms with Crippen LogP contribution in [0.25, 0.3) is 10.6 Å². The number of likely N-dealkylation sites (tertiary alicyclic amines) is 1. The number of carboxylic acids is 1. The normalized spacial score (nSPS) is 20.7. The number of hydrogen-bond acceptors (Lipinski definition) is 4.